The van der Waals surface area contributed by atoms with Gasteiger partial charge in [-0.2, -0.15) is 0 Å². The lowest BCUT2D eigenvalue weighted by Gasteiger charge is -2.44. The molecule has 2 aromatic rings. The van der Waals surface area contributed by atoms with Gasteiger partial charge in [-0.15, -0.1) is 0 Å². The summed E-state index contributed by atoms with van der Waals surface area (Å²) in [5.74, 6) is -0.907. The van der Waals surface area contributed by atoms with Gasteiger partial charge in [0.1, 0.15) is 0 Å². The molecule has 0 aromatic heterocycles. The third-order valence-corrected chi connectivity index (χ3v) is 6.52. The molecule has 4 rings (SSSR count). The molecule has 1 saturated carbocycles. The second kappa shape index (κ2) is 6.59. The molecule has 2 aromatic carbocycles. The van der Waals surface area contributed by atoms with Gasteiger partial charge in [0.15, 0.2) is 0 Å². The van der Waals surface area contributed by atoms with Crippen molar-refractivity contribution in [2.24, 2.45) is 0 Å². The van der Waals surface area contributed by atoms with E-state index in [0.29, 0.717) is 11.6 Å². The van der Waals surface area contributed by atoms with Crippen LogP contribution in [0.25, 0.3) is 5.57 Å². The summed E-state index contributed by atoms with van der Waals surface area (Å²) in [5.41, 5.74) is 6.25. The van der Waals surface area contributed by atoms with Crippen molar-refractivity contribution < 1.29 is 9.90 Å². The fraction of sp³-hybridized carbons (Fsp3) is 0.400. The van der Waals surface area contributed by atoms with E-state index >= 15 is 0 Å². The van der Waals surface area contributed by atoms with Crippen LogP contribution in [0.5, 0.6) is 0 Å². The lowest BCUT2D eigenvalue weighted by molar-refractivity contribution is 0.0697. The van der Waals surface area contributed by atoms with Gasteiger partial charge in [0.25, 0.3) is 0 Å². The molecule has 2 aliphatic carbocycles. The van der Waals surface area contributed by atoms with Crippen LogP contribution in [0.3, 0.4) is 0 Å². The van der Waals surface area contributed by atoms with Gasteiger partial charge >= 0.3 is 5.97 Å². The molecule has 3 nitrogen and oxygen atoms in total. The van der Waals surface area contributed by atoms with Crippen LogP contribution in [0.1, 0.15) is 79.1 Å². The van der Waals surface area contributed by atoms with Gasteiger partial charge in [0.05, 0.1) is 5.56 Å². The molecular formula is C25H29NO2. The van der Waals surface area contributed by atoms with Crippen molar-refractivity contribution in [1.82, 2.24) is 5.32 Å². The summed E-state index contributed by atoms with van der Waals surface area (Å²) in [6, 6.07) is 14.4. The van der Waals surface area contributed by atoms with Gasteiger partial charge in [-0.3, -0.25) is 0 Å². The second-order valence-electron chi connectivity index (χ2n) is 9.26. The van der Waals surface area contributed by atoms with E-state index in [0.717, 1.165) is 23.1 Å². The summed E-state index contributed by atoms with van der Waals surface area (Å²) in [5, 5.41) is 13.0. The van der Waals surface area contributed by atoms with Crippen LogP contribution in [-0.4, -0.2) is 17.1 Å². The van der Waals surface area contributed by atoms with E-state index in [2.05, 4.69) is 50.9 Å². The molecular weight excluding hydrogens is 346 g/mol. The number of aromatic carboxylic acids is 1. The van der Waals surface area contributed by atoms with Gasteiger partial charge in [0.2, 0.25) is 0 Å². The standard InChI is InChI=1S/C25H29NO2/c1-16(17-5-7-18(8-6-17)23(27)28)19-9-12-21-22(15-19)25(4,26-20-10-11-20)14-13-24(21,2)3/h5-9,12,15,20,26H,1,10-11,13-14H2,2-4H3,(H,27,28). The van der Waals surface area contributed by atoms with Crippen molar-refractivity contribution in [2.45, 2.75) is 63.5 Å². The zero-order valence-corrected chi connectivity index (χ0v) is 17.0. The predicted molar refractivity (Wildman–Crippen MR) is 114 cm³/mol. The van der Waals surface area contributed by atoms with Crippen LogP contribution < -0.4 is 5.32 Å². The second-order valence-corrected chi connectivity index (χ2v) is 9.26. The smallest absolute Gasteiger partial charge is 0.335 e. The first-order valence-electron chi connectivity index (χ1n) is 10.2. The summed E-state index contributed by atoms with van der Waals surface area (Å²) in [4.78, 5) is 11.1. The Labute approximate surface area is 167 Å². The van der Waals surface area contributed by atoms with Crippen LogP contribution in [0.2, 0.25) is 0 Å². The average Bonchev–Trinajstić information content (AvgIpc) is 3.48. The SMILES string of the molecule is C=C(c1ccc(C(=O)O)cc1)c1ccc2c(c1)C(C)(NC1CC1)CCC2(C)C. The fourth-order valence-corrected chi connectivity index (χ4v) is 4.42. The molecule has 2 N–H and O–H groups in total. The Morgan fingerprint density at radius 2 is 1.57 bits per heavy atom. The maximum atomic E-state index is 11.1. The molecule has 0 saturated heterocycles. The number of carboxylic acids is 1. The van der Waals surface area contributed by atoms with Gasteiger partial charge in [-0.05, 0) is 84.0 Å². The molecule has 146 valence electrons. The molecule has 1 unspecified atom stereocenters. The molecule has 0 amide bonds. The molecule has 0 bridgehead atoms. The van der Waals surface area contributed by atoms with Crippen molar-refractivity contribution in [2.75, 3.05) is 0 Å². The van der Waals surface area contributed by atoms with Crippen LogP contribution in [0.15, 0.2) is 49.0 Å². The molecule has 28 heavy (non-hydrogen) atoms. The Morgan fingerprint density at radius 1 is 0.964 bits per heavy atom. The molecule has 0 aliphatic heterocycles. The minimum atomic E-state index is -0.907. The van der Waals surface area contributed by atoms with Crippen LogP contribution in [0, 0.1) is 0 Å². The lowest BCUT2D eigenvalue weighted by Crippen LogP contribution is -2.47. The molecule has 1 fully saturated rings. The number of benzene rings is 2. The maximum absolute atomic E-state index is 11.1. The number of hydrogen-bond acceptors (Lipinski definition) is 2. The van der Waals surface area contributed by atoms with Gasteiger partial charge in [0, 0.05) is 11.6 Å². The lowest BCUT2D eigenvalue weighted by atomic mass is 9.65. The minimum Gasteiger partial charge on any atom is -0.478 e. The highest BCUT2D eigenvalue weighted by molar-refractivity contribution is 5.88. The zero-order chi connectivity index (χ0) is 20.1. The molecule has 0 radical (unpaired) electrons. The van der Waals surface area contributed by atoms with E-state index in [-0.39, 0.29) is 11.0 Å². The van der Waals surface area contributed by atoms with Crippen molar-refractivity contribution in [3.05, 3.63) is 76.9 Å². The normalized spacial score (nSPS) is 23.1. The Kier molecular flexibility index (Phi) is 4.46. The van der Waals surface area contributed by atoms with E-state index in [4.69, 9.17) is 5.11 Å². The van der Waals surface area contributed by atoms with E-state index < -0.39 is 5.97 Å². The van der Waals surface area contributed by atoms with Gasteiger partial charge < -0.3 is 10.4 Å². The van der Waals surface area contributed by atoms with E-state index in [1.54, 1.807) is 12.1 Å². The third-order valence-electron chi connectivity index (χ3n) is 6.52. The summed E-state index contributed by atoms with van der Waals surface area (Å²) in [6.07, 6.45) is 4.85. The minimum absolute atomic E-state index is 0.00449. The Hall–Kier alpha value is -2.39. The number of carboxylic acid groups (broad SMARTS) is 1. The number of hydrogen-bond donors (Lipinski definition) is 2. The Morgan fingerprint density at radius 3 is 2.18 bits per heavy atom. The van der Waals surface area contributed by atoms with Crippen LogP contribution in [-0.2, 0) is 11.0 Å². The number of rotatable bonds is 5. The summed E-state index contributed by atoms with van der Waals surface area (Å²) in [6.45, 7) is 11.3. The number of carbonyl (C=O) groups is 1. The van der Waals surface area contributed by atoms with E-state index in [1.807, 2.05) is 12.1 Å². The summed E-state index contributed by atoms with van der Waals surface area (Å²) >= 11 is 0. The van der Waals surface area contributed by atoms with Gasteiger partial charge in [-0.1, -0.05) is 44.7 Å². The monoisotopic (exact) mass is 375 g/mol. The number of nitrogens with one attached hydrogen (secondary N) is 1. The first kappa shape index (κ1) is 18.9. The summed E-state index contributed by atoms with van der Waals surface area (Å²) < 4.78 is 0. The van der Waals surface area contributed by atoms with Gasteiger partial charge in [-0.25, -0.2) is 4.79 Å². The quantitative estimate of drug-likeness (QED) is 0.727. The Bertz CT molecular complexity index is 938. The van der Waals surface area contributed by atoms with Crippen molar-refractivity contribution in [3.8, 4) is 0 Å². The highest BCUT2D eigenvalue weighted by Crippen LogP contribution is 2.46. The summed E-state index contributed by atoms with van der Waals surface area (Å²) in [7, 11) is 0. The molecule has 0 heterocycles. The Balaban J connectivity index is 1.72. The van der Waals surface area contributed by atoms with Crippen molar-refractivity contribution >= 4 is 11.5 Å². The largest absolute Gasteiger partial charge is 0.478 e. The zero-order valence-electron chi connectivity index (χ0n) is 17.0. The van der Waals surface area contributed by atoms with Crippen LogP contribution in [0.4, 0.5) is 0 Å². The first-order valence-corrected chi connectivity index (χ1v) is 10.2. The first-order chi connectivity index (χ1) is 13.2. The highest BCUT2D eigenvalue weighted by Gasteiger charge is 2.42. The molecule has 0 spiro atoms. The van der Waals surface area contributed by atoms with E-state index in [1.165, 1.54) is 30.4 Å². The van der Waals surface area contributed by atoms with E-state index in [9.17, 15) is 4.79 Å². The fourth-order valence-electron chi connectivity index (χ4n) is 4.42. The highest BCUT2D eigenvalue weighted by atomic mass is 16.4. The number of fused-ring (bicyclic) bond motifs is 1. The third kappa shape index (κ3) is 3.40. The topological polar surface area (TPSA) is 49.3 Å². The van der Waals surface area contributed by atoms with Crippen molar-refractivity contribution in [1.29, 1.82) is 0 Å². The predicted octanol–water partition coefficient (Wildman–Crippen LogP) is 5.48. The maximum Gasteiger partial charge on any atom is 0.335 e. The molecule has 3 heteroatoms. The molecule has 1 atom stereocenters. The van der Waals surface area contributed by atoms with Crippen LogP contribution >= 0.6 is 0 Å². The average molecular weight is 376 g/mol. The molecule has 2 aliphatic rings. The van der Waals surface area contributed by atoms with Crippen molar-refractivity contribution in [3.63, 3.8) is 0 Å².